The molecule has 0 amide bonds. The molecule has 0 fully saturated rings. The smallest absolute Gasteiger partial charge is 0.233 e. The number of nitrogens with two attached hydrogens (primary N) is 1. The van der Waals surface area contributed by atoms with E-state index < -0.39 is 10.0 Å². The molecule has 0 aromatic heterocycles. The van der Waals surface area contributed by atoms with E-state index in [2.05, 4.69) is 4.72 Å². The van der Waals surface area contributed by atoms with Crippen LogP contribution in [0, 0.1) is 12.3 Å². The van der Waals surface area contributed by atoms with E-state index >= 15 is 0 Å². The Balaban J connectivity index is 3.14. The fourth-order valence-corrected chi connectivity index (χ4v) is 3.84. The van der Waals surface area contributed by atoms with Crippen LogP contribution in [-0.4, -0.2) is 19.2 Å². The van der Waals surface area contributed by atoms with E-state index in [0.717, 1.165) is 5.56 Å². The molecule has 0 aliphatic carbocycles. The van der Waals surface area contributed by atoms with Gasteiger partial charge in [-0.2, -0.15) is 0 Å². The number of aryl methyl sites for hydroxylation is 1. The fourth-order valence-electron chi connectivity index (χ4n) is 1.85. The SMILES string of the molecule is Cc1cccc(NS(=O)(=O)CC(C)(C)C)c1C(N)=S. The van der Waals surface area contributed by atoms with Crippen molar-refractivity contribution in [2.45, 2.75) is 27.7 Å². The lowest BCUT2D eigenvalue weighted by Gasteiger charge is -2.20. The number of rotatable bonds is 4. The first kappa shape index (κ1) is 15.9. The van der Waals surface area contributed by atoms with Gasteiger partial charge in [0.15, 0.2) is 0 Å². The molecule has 0 bridgehead atoms. The van der Waals surface area contributed by atoms with Crippen molar-refractivity contribution in [3.05, 3.63) is 29.3 Å². The second-order valence-corrected chi connectivity index (χ2v) is 7.95. The molecule has 0 aliphatic heterocycles. The molecule has 106 valence electrons. The Labute approximate surface area is 120 Å². The molecule has 4 nitrogen and oxygen atoms in total. The average Bonchev–Trinajstić information content (AvgIpc) is 2.11. The quantitative estimate of drug-likeness (QED) is 0.838. The van der Waals surface area contributed by atoms with Crippen LogP contribution in [0.4, 0.5) is 5.69 Å². The highest BCUT2D eigenvalue weighted by Gasteiger charge is 2.22. The first-order valence-electron chi connectivity index (χ1n) is 5.92. The molecule has 0 saturated heterocycles. The van der Waals surface area contributed by atoms with Gasteiger partial charge in [-0.3, -0.25) is 4.72 Å². The maximum Gasteiger partial charge on any atom is 0.233 e. The summed E-state index contributed by atoms with van der Waals surface area (Å²) in [7, 11) is -3.43. The molecule has 1 aromatic rings. The van der Waals surface area contributed by atoms with Gasteiger partial charge < -0.3 is 5.73 Å². The Bertz CT molecular complexity index is 587. The van der Waals surface area contributed by atoms with Crippen molar-refractivity contribution in [3.63, 3.8) is 0 Å². The Hall–Kier alpha value is -1.14. The number of sulfonamides is 1. The lowest BCUT2D eigenvalue weighted by Crippen LogP contribution is -2.27. The number of thiocarbonyl (C=S) groups is 1. The third kappa shape index (κ3) is 4.80. The second-order valence-electron chi connectivity index (χ2n) is 5.78. The summed E-state index contributed by atoms with van der Waals surface area (Å²) in [4.78, 5) is 0.187. The molecule has 0 saturated carbocycles. The summed E-state index contributed by atoms with van der Waals surface area (Å²) in [6, 6.07) is 5.28. The number of nitrogens with one attached hydrogen (secondary N) is 1. The van der Waals surface area contributed by atoms with Gasteiger partial charge in [0.25, 0.3) is 0 Å². The van der Waals surface area contributed by atoms with Crippen molar-refractivity contribution < 1.29 is 8.42 Å². The Morgan fingerprint density at radius 1 is 1.37 bits per heavy atom. The van der Waals surface area contributed by atoms with Crippen molar-refractivity contribution in [3.8, 4) is 0 Å². The van der Waals surface area contributed by atoms with E-state index in [1.807, 2.05) is 33.8 Å². The number of hydrogen-bond acceptors (Lipinski definition) is 3. The molecule has 0 radical (unpaired) electrons. The zero-order valence-corrected chi connectivity index (χ0v) is 13.3. The van der Waals surface area contributed by atoms with E-state index in [1.54, 1.807) is 12.1 Å². The van der Waals surface area contributed by atoms with Crippen LogP contribution >= 0.6 is 12.2 Å². The summed E-state index contributed by atoms with van der Waals surface area (Å²) in [6.45, 7) is 7.46. The molecule has 0 heterocycles. The summed E-state index contributed by atoms with van der Waals surface area (Å²) in [6.07, 6.45) is 0. The Kier molecular flexibility index (Phi) is 4.58. The van der Waals surface area contributed by atoms with Crippen molar-refractivity contribution >= 4 is 32.9 Å². The Morgan fingerprint density at radius 2 is 1.95 bits per heavy atom. The van der Waals surface area contributed by atoms with Crippen molar-refractivity contribution in [1.82, 2.24) is 0 Å². The van der Waals surface area contributed by atoms with E-state index in [0.29, 0.717) is 11.3 Å². The summed E-state index contributed by atoms with van der Waals surface area (Å²) in [5, 5.41) is 0. The van der Waals surface area contributed by atoms with Crippen LogP contribution in [0.15, 0.2) is 18.2 Å². The van der Waals surface area contributed by atoms with Crippen LogP contribution < -0.4 is 10.5 Å². The van der Waals surface area contributed by atoms with Gasteiger partial charge in [0.2, 0.25) is 10.0 Å². The molecular weight excluding hydrogens is 280 g/mol. The predicted octanol–water partition coefficient (Wildman–Crippen LogP) is 2.42. The van der Waals surface area contributed by atoms with Gasteiger partial charge in [-0.25, -0.2) is 8.42 Å². The van der Waals surface area contributed by atoms with Crippen LogP contribution in [-0.2, 0) is 10.0 Å². The molecule has 1 rings (SSSR count). The third-order valence-corrected chi connectivity index (χ3v) is 4.39. The van der Waals surface area contributed by atoms with Gasteiger partial charge in [-0.1, -0.05) is 45.1 Å². The number of anilines is 1. The van der Waals surface area contributed by atoms with Crippen molar-refractivity contribution in [1.29, 1.82) is 0 Å². The number of hydrogen-bond donors (Lipinski definition) is 2. The van der Waals surface area contributed by atoms with Gasteiger partial charge >= 0.3 is 0 Å². The fraction of sp³-hybridized carbons (Fsp3) is 0.462. The van der Waals surface area contributed by atoms with Gasteiger partial charge in [0.1, 0.15) is 4.99 Å². The molecule has 3 N–H and O–H groups in total. The lowest BCUT2D eigenvalue weighted by molar-refractivity contribution is 0.463. The molecular formula is C13H20N2O2S2. The third-order valence-electron chi connectivity index (χ3n) is 2.41. The molecule has 1 aromatic carbocycles. The normalized spacial score (nSPS) is 12.2. The second kappa shape index (κ2) is 5.46. The van der Waals surface area contributed by atoms with E-state index in [4.69, 9.17) is 18.0 Å². The highest BCUT2D eigenvalue weighted by Crippen LogP contribution is 2.23. The maximum absolute atomic E-state index is 12.1. The predicted molar refractivity (Wildman–Crippen MR) is 83.9 cm³/mol. The zero-order valence-electron chi connectivity index (χ0n) is 11.6. The Morgan fingerprint density at radius 3 is 2.42 bits per heavy atom. The summed E-state index contributed by atoms with van der Waals surface area (Å²) in [5.74, 6) is 0.0325. The summed E-state index contributed by atoms with van der Waals surface area (Å²) < 4.78 is 26.8. The van der Waals surface area contributed by atoms with E-state index in [9.17, 15) is 8.42 Å². The van der Waals surface area contributed by atoms with Gasteiger partial charge in [0, 0.05) is 5.56 Å². The topological polar surface area (TPSA) is 72.2 Å². The minimum absolute atomic E-state index is 0.0325. The highest BCUT2D eigenvalue weighted by atomic mass is 32.2. The first-order chi connectivity index (χ1) is 8.52. The lowest BCUT2D eigenvalue weighted by atomic mass is 10.0. The van der Waals surface area contributed by atoms with Crippen molar-refractivity contribution in [2.75, 3.05) is 10.5 Å². The molecule has 0 unspecified atom stereocenters. The summed E-state index contributed by atoms with van der Waals surface area (Å²) in [5.41, 5.74) is 7.21. The maximum atomic E-state index is 12.1. The van der Waals surface area contributed by atoms with Crippen LogP contribution in [0.2, 0.25) is 0 Å². The van der Waals surface area contributed by atoms with Crippen LogP contribution in [0.25, 0.3) is 0 Å². The molecule has 0 atom stereocenters. The van der Waals surface area contributed by atoms with Crippen LogP contribution in [0.5, 0.6) is 0 Å². The average molecular weight is 300 g/mol. The number of benzene rings is 1. The van der Waals surface area contributed by atoms with Gasteiger partial charge in [0.05, 0.1) is 11.4 Å². The van der Waals surface area contributed by atoms with Crippen molar-refractivity contribution in [2.24, 2.45) is 11.1 Å². The standard InChI is InChI=1S/C13H20N2O2S2/c1-9-6-5-7-10(11(9)12(14)18)15-19(16,17)8-13(2,3)4/h5-7,15H,8H2,1-4H3,(H2,14,18). The molecule has 0 spiro atoms. The van der Waals surface area contributed by atoms with Crippen LogP contribution in [0.1, 0.15) is 31.9 Å². The summed E-state index contributed by atoms with van der Waals surface area (Å²) >= 11 is 4.98. The largest absolute Gasteiger partial charge is 0.389 e. The van der Waals surface area contributed by atoms with E-state index in [-0.39, 0.29) is 16.2 Å². The zero-order chi connectivity index (χ0) is 14.8. The molecule has 19 heavy (non-hydrogen) atoms. The van der Waals surface area contributed by atoms with Crippen LogP contribution in [0.3, 0.4) is 0 Å². The minimum atomic E-state index is -3.43. The van der Waals surface area contributed by atoms with E-state index in [1.165, 1.54) is 0 Å². The highest BCUT2D eigenvalue weighted by molar-refractivity contribution is 7.92. The van der Waals surface area contributed by atoms with Gasteiger partial charge in [-0.05, 0) is 24.0 Å². The molecule has 6 heteroatoms. The first-order valence-corrected chi connectivity index (χ1v) is 7.98. The molecule has 0 aliphatic rings. The monoisotopic (exact) mass is 300 g/mol. The van der Waals surface area contributed by atoms with Gasteiger partial charge in [-0.15, -0.1) is 0 Å². The minimum Gasteiger partial charge on any atom is -0.389 e.